The van der Waals surface area contributed by atoms with Crippen molar-refractivity contribution in [2.45, 2.75) is 11.4 Å². The largest absolute Gasteiger partial charge is 0.492 e. The van der Waals surface area contributed by atoms with Crippen molar-refractivity contribution < 1.29 is 13.2 Å². The van der Waals surface area contributed by atoms with Crippen molar-refractivity contribution in [2.24, 2.45) is 5.14 Å². The number of nitrogens with zero attached hydrogens (tertiary/aromatic N) is 1. The third-order valence-electron chi connectivity index (χ3n) is 2.65. The maximum Gasteiger partial charge on any atom is 0.250 e. The van der Waals surface area contributed by atoms with Crippen molar-refractivity contribution in [3.05, 3.63) is 59.0 Å². The fraction of sp³-hybridized carbons (Fsp3) is 0.154. The molecule has 0 spiro atoms. The maximum atomic E-state index is 11.4. The Morgan fingerprint density at radius 3 is 2.40 bits per heavy atom. The first-order valence-corrected chi connectivity index (χ1v) is 7.42. The number of nitrogens with two attached hydrogens (primary N) is 1. The van der Waals surface area contributed by atoms with Crippen LogP contribution in [-0.2, 0) is 16.6 Å². The number of rotatable bonds is 5. The number of hydrogen-bond donors (Lipinski definition) is 1. The minimum Gasteiger partial charge on any atom is -0.492 e. The van der Waals surface area contributed by atoms with Gasteiger partial charge >= 0.3 is 0 Å². The summed E-state index contributed by atoms with van der Waals surface area (Å²) in [6.07, 6.45) is 1.68. The zero-order valence-corrected chi connectivity index (χ0v) is 11.4. The number of benzene rings is 1. The first kappa shape index (κ1) is 14.3. The molecule has 6 nitrogen and oxygen atoms in total. The standard InChI is InChI=1S/C13H14N2O4S/c14-20(17,18)12-6-4-11(5-7-12)19-10-9-15-8-2-1-3-13(15)16/h1-8H,9-10H2,(H2,14,17,18). The molecular weight excluding hydrogens is 280 g/mol. The lowest BCUT2D eigenvalue weighted by Crippen LogP contribution is -2.21. The minimum atomic E-state index is -3.69. The summed E-state index contributed by atoms with van der Waals surface area (Å²) >= 11 is 0. The van der Waals surface area contributed by atoms with Crippen LogP contribution in [0.3, 0.4) is 0 Å². The Morgan fingerprint density at radius 2 is 1.80 bits per heavy atom. The highest BCUT2D eigenvalue weighted by molar-refractivity contribution is 7.89. The van der Waals surface area contributed by atoms with Crippen LogP contribution in [0.15, 0.2) is 58.4 Å². The Balaban J connectivity index is 1.95. The van der Waals surface area contributed by atoms with Crippen molar-refractivity contribution in [1.29, 1.82) is 0 Å². The zero-order chi connectivity index (χ0) is 14.6. The van der Waals surface area contributed by atoms with Crippen LogP contribution in [0.25, 0.3) is 0 Å². The maximum absolute atomic E-state index is 11.4. The molecule has 0 radical (unpaired) electrons. The molecule has 2 aromatic rings. The van der Waals surface area contributed by atoms with Gasteiger partial charge in [-0.25, -0.2) is 13.6 Å². The van der Waals surface area contributed by atoms with Gasteiger partial charge in [-0.3, -0.25) is 4.79 Å². The summed E-state index contributed by atoms with van der Waals surface area (Å²) in [7, 11) is -3.69. The van der Waals surface area contributed by atoms with Gasteiger partial charge in [-0.15, -0.1) is 0 Å². The third kappa shape index (κ3) is 3.69. The SMILES string of the molecule is NS(=O)(=O)c1ccc(OCCn2ccccc2=O)cc1. The topological polar surface area (TPSA) is 91.4 Å². The highest BCUT2D eigenvalue weighted by Crippen LogP contribution is 2.14. The third-order valence-corrected chi connectivity index (χ3v) is 3.58. The smallest absolute Gasteiger partial charge is 0.250 e. The van der Waals surface area contributed by atoms with Crippen molar-refractivity contribution in [1.82, 2.24) is 4.57 Å². The average Bonchev–Trinajstić information content (AvgIpc) is 2.40. The number of ether oxygens (including phenoxy) is 1. The van der Waals surface area contributed by atoms with Crippen LogP contribution in [0.4, 0.5) is 0 Å². The zero-order valence-electron chi connectivity index (χ0n) is 10.6. The van der Waals surface area contributed by atoms with Gasteiger partial charge in [0.15, 0.2) is 0 Å². The first-order chi connectivity index (χ1) is 9.47. The van der Waals surface area contributed by atoms with Gasteiger partial charge in [-0.1, -0.05) is 6.07 Å². The number of hydrogen-bond acceptors (Lipinski definition) is 4. The minimum absolute atomic E-state index is 0.0316. The van der Waals surface area contributed by atoms with Crippen LogP contribution in [0.1, 0.15) is 0 Å². The van der Waals surface area contributed by atoms with E-state index in [1.54, 1.807) is 18.3 Å². The van der Waals surface area contributed by atoms with E-state index in [0.717, 1.165) is 0 Å². The fourth-order valence-corrected chi connectivity index (χ4v) is 2.15. The Morgan fingerprint density at radius 1 is 1.10 bits per heavy atom. The molecular formula is C13H14N2O4S. The lowest BCUT2D eigenvalue weighted by atomic mass is 10.3. The Kier molecular flexibility index (Phi) is 4.21. The summed E-state index contributed by atoms with van der Waals surface area (Å²) in [5.41, 5.74) is -0.0966. The van der Waals surface area contributed by atoms with Crippen LogP contribution in [0.2, 0.25) is 0 Å². The lowest BCUT2D eigenvalue weighted by Gasteiger charge is -2.08. The molecule has 20 heavy (non-hydrogen) atoms. The highest BCUT2D eigenvalue weighted by atomic mass is 32.2. The quantitative estimate of drug-likeness (QED) is 0.873. The predicted octanol–water partition coefficient (Wildman–Crippen LogP) is 0.575. The van der Waals surface area contributed by atoms with E-state index in [1.165, 1.54) is 34.9 Å². The lowest BCUT2D eigenvalue weighted by molar-refractivity contribution is 0.296. The molecule has 1 heterocycles. The van der Waals surface area contributed by atoms with E-state index in [9.17, 15) is 13.2 Å². The van der Waals surface area contributed by atoms with Gasteiger partial charge in [0.25, 0.3) is 5.56 Å². The molecule has 1 aromatic carbocycles. The molecule has 0 aliphatic rings. The molecule has 0 bridgehead atoms. The second-order valence-electron chi connectivity index (χ2n) is 4.10. The Bertz CT molecular complexity index is 735. The normalized spacial score (nSPS) is 11.2. The van der Waals surface area contributed by atoms with Crippen molar-refractivity contribution in [2.75, 3.05) is 6.61 Å². The average molecular weight is 294 g/mol. The summed E-state index contributed by atoms with van der Waals surface area (Å²) in [6, 6.07) is 10.7. The van der Waals surface area contributed by atoms with Crippen molar-refractivity contribution in [3.8, 4) is 5.75 Å². The summed E-state index contributed by atoms with van der Waals surface area (Å²) < 4.78 is 29.1. The van der Waals surface area contributed by atoms with E-state index in [1.807, 2.05) is 0 Å². The van der Waals surface area contributed by atoms with Gasteiger partial charge in [0, 0.05) is 12.3 Å². The molecule has 0 unspecified atom stereocenters. The molecule has 0 aliphatic carbocycles. The van der Waals surface area contributed by atoms with Gasteiger partial charge in [0.05, 0.1) is 11.4 Å². The molecule has 0 saturated carbocycles. The van der Waals surface area contributed by atoms with E-state index in [4.69, 9.17) is 9.88 Å². The van der Waals surface area contributed by atoms with Crippen LogP contribution in [0, 0.1) is 0 Å². The monoisotopic (exact) mass is 294 g/mol. The molecule has 0 fully saturated rings. The van der Waals surface area contributed by atoms with Crippen molar-refractivity contribution in [3.63, 3.8) is 0 Å². The second-order valence-corrected chi connectivity index (χ2v) is 5.66. The molecule has 0 saturated heterocycles. The summed E-state index contributed by atoms with van der Waals surface area (Å²) in [5, 5.41) is 4.99. The molecule has 1 aromatic heterocycles. The second kappa shape index (κ2) is 5.89. The molecule has 2 rings (SSSR count). The number of aromatic nitrogens is 1. The van der Waals surface area contributed by atoms with Crippen molar-refractivity contribution >= 4 is 10.0 Å². The van der Waals surface area contributed by atoms with Gasteiger partial charge < -0.3 is 9.30 Å². The van der Waals surface area contributed by atoms with Crippen LogP contribution in [0.5, 0.6) is 5.75 Å². The van der Waals surface area contributed by atoms with Crippen LogP contribution < -0.4 is 15.4 Å². The Hall–Kier alpha value is -2.12. The van der Waals surface area contributed by atoms with Gasteiger partial charge in [-0.2, -0.15) is 0 Å². The number of primary sulfonamides is 1. The van der Waals surface area contributed by atoms with E-state index in [-0.39, 0.29) is 10.5 Å². The highest BCUT2D eigenvalue weighted by Gasteiger charge is 2.06. The van der Waals surface area contributed by atoms with Gasteiger partial charge in [0.1, 0.15) is 12.4 Å². The summed E-state index contributed by atoms with van der Waals surface area (Å²) in [6.45, 7) is 0.718. The van der Waals surface area contributed by atoms with E-state index >= 15 is 0 Å². The fourth-order valence-electron chi connectivity index (χ4n) is 1.63. The first-order valence-electron chi connectivity index (χ1n) is 5.88. The van der Waals surface area contributed by atoms with Gasteiger partial charge in [-0.05, 0) is 30.3 Å². The predicted molar refractivity (Wildman–Crippen MR) is 74.0 cm³/mol. The van der Waals surface area contributed by atoms with Crippen LogP contribution >= 0.6 is 0 Å². The van der Waals surface area contributed by atoms with E-state index in [0.29, 0.717) is 18.9 Å². The molecule has 0 aliphatic heterocycles. The molecule has 7 heteroatoms. The van der Waals surface area contributed by atoms with E-state index in [2.05, 4.69) is 0 Å². The molecule has 2 N–H and O–H groups in total. The number of pyridine rings is 1. The molecule has 0 amide bonds. The molecule has 106 valence electrons. The summed E-state index contributed by atoms with van der Waals surface area (Å²) in [4.78, 5) is 11.5. The molecule has 0 atom stereocenters. The Labute approximate surface area is 116 Å². The van der Waals surface area contributed by atoms with Crippen LogP contribution in [-0.4, -0.2) is 19.6 Å². The van der Waals surface area contributed by atoms with Gasteiger partial charge in [0.2, 0.25) is 10.0 Å². The number of sulfonamides is 1. The summed E-state index contributed by atoms with van der Waals surface area (Å²) in [5.74, 6) is 0.515. The van der Waals surface area contributed by atoms with E-state index < -0.39 is 10.0 Å².